The maximum Gasteiger partial charge on any atom is 0.251 e. The molecule has 1 amide bonds. The summed E-state index contributed by atoms with van der Waals surface area (Å²) in [5.74, 6) is -0.0782. The van der Waals surface area contributed by atoms with Gasteiger partial charge in [0, 0.05) is 24.3 Å². The molecule has 0 saturated carbocycles. The molecule has 5 heteroatoms. The van der Waals surface area contributed by atoms with Gasteiger partial charge in [-0.1, -0.05) is 6.07 Å². The summed E-state index contributed by atoms with van der Waals surface area (Å²) in [5.41, 5.74) is 1.43. The van der Waals surface area contributed by atoms with Gasteiger partial charge in [-0.25, -0.2) is 0 Å². The molecule has 0 fully saturated rings. The number of carbonyl (C=O) groups excluding carboxylic acids is 1. The van der Waals surface area contributed by atoms with Crippen molar-refractivity contribution in [3.8, 4) is 0 Å². The molecule has 0 heterocycles. The third-order valence-electron chi connectivity index (χ3n) is 2.06. The maximum absolute atomic E-state index is 11.6. The van der Waals surface area contributed by atoms with Crippen LogP contribution in [0.1, 0.15) is 24.2 Å². The standard InChI is InChI=1S/C12H17N3OS/c1-3-13-11(16)9-6-5-7-10(8-9)15-12(17)14-4-2/h5-8H,3-4H2,1-2H3,(H,13,16)(H2,14,15,17). The van der Waals surface area contributed by atoms with Crippen molar-refractivity contribution in [2.75, 3.05) is 18.4 Å². The highest BCUT2D eigenvalue weighted by Gasteiger charge is 2.04. The van der Waals surface area contributed by atoms with Crippen LogP contribution in [0.2, 0.25) is 0 Å². The second-order valence-electron chi connectivity index (χ2n) is 3.42. The molecule has 0 bridgehead atoms. The van der Waals surface area contributed by atoms with Gasteiger partial charge in [0.1, 0.15) is 0 Å². The predicted molar refractivity (Wildman–Crippen MR) is 74.3 cm³/mol. The summed E-state index contributed by atoms with van der Waals surface area (Å²) in [5, 5.41) is 9.32. The molecule has 4 nitrogen and oxygen atoms in total. The van der Waals surface area contributed by atoms with Crippen LogP contribution in [0.15, 0.2) is 24.3 Å². The molecular weight excluding hydrogens is 234 g/mol. The Morgan fingerprint density at radius 2 is 1.94 bits per heavy atom. The monoisotopic (exact) mass is 251 g/mol. The van der Waals surface area contributed by atoms with Gasteiger partial charge in [0.15, 0.2) is 5.11 Å². The first-order chi connectivity index (χ1) is 8.17. The average molecular weight is 251 g/mol. The summed E-state index contributed by atoms with van der Waals surface area (Å²) in [6.45, 7) is 5.24. The zero-order valence-electron chi connectivity index (χ0n) is 10.0. The largest absolute Gasteiger partial charge is 0.363 e. The Hall–Kier alpha value is -1.62. The van der Waals surface area contributed by atoms with E-state index < -0.39 is 0 Å². The first kappa shape index (κ1) is 13.4. The van der Waals surface area contributed by atoms with Crippen molar-refractivity contribution in [2.24, 2.45) is 0 Å². The highest BCUT2D eigenvalue weighted by atomic mass is 32.1. The van der Waals surface area contributed by atoms with Crippen LogP contribution in [0.5, 0.6) is 0 Å². The van der Waals surface area contributed by atoms with Gasteiger partial charge in [0.25, 0.3) is 5.91 Å². The van der Waals surface area contributed by atoms with Crippen LogP contribution in [-0.2, 0) is 0 Å². The van der Waals surface area contributed by atoms with Crippen molar-refractivity contribution >= 4 is 28.9 Å². The SMILES string of the molecule is CCNC(=O)c1cccc(NC(=S)NCC)c1. The van der Waals surface area contributed by atoms with Crippen molar-refractivity contribution in [3.63, 3.8) is 0 Å². The minimum absolute atomic E-state index is 0.0782. The topological polar surface area (TPSA) is 53.2 Å². The molecule has 17 heavy (non-hydrogen) atoms. The van der Waals surface area contributed by atoms with Crippen LogP contribution < -0.4 is 16.0 Å². The molecule has 92 valence electrons. The molecule has 0 aliphatic carbocycles. The van der Waals surface area contributed by atoms with Crippen molar-refractivity contribution in [3.05, 3.63) is 29.8 Å². The zero-order valence-corrected chi connectivity index (χ0v) is 10.9. The minimum Gasteiger partial charge on any atom is -0.363 e. The Kier molecular flexibility index (Phi) is 5.42. The molecule has 0 unspecified atom stereocenters. The number of carbonyl (C=O) groups is 1. The average Bonchev–Trinajstić information content (AvgIpc) is 2.30. The predicted octanol–water partition coefficient (Wildman–Crippen LogP) is 1.74. The van der Waals surface area contributed by atoms with E-state index in [4.69, 9.17) is 12.2 Å². The third-order valence-corrected chi connectivity index (χ3v) is 2.30. The fourth-order valence-electron chi connectivity index (χ4n) is 1.34. The first-order valence-electron chi connectivity index (χ1n) is 5.60. The number of thiocarbonyl (C=S) groups is 1. The first-order valence-corrected chi connectivity index (χ1v) is 6.01. The van der Waals surface area contributed by atoms with Gasteiger partial charge in [-0.3, -0.25) is 4.79 Å². The third kappa shape index (κ3) is 4.40. The Bertz CT molecular complexity index is 406. The van der Waals surface area contributed by atoms with Gasteiger partial charge in [-0.15, -0.1) is 0 Å². The van der Waals surface area contributed by atoms with Crippen molar-refractivity contribution < 1.29 is 4.79 Å². The van der Waals surface area contributed by atoms with E-state index in [1.807, 2.05) is 26.0 Å². The molecule has 3 N–H and O–H groups in total. The molecule has 0 aromatic heterocycles. The number of benzene rings is 1. The Morgan fingerprint density at radius 1 is 1.24 bits per heavy atom. The smallest absolute Gasteiger partial charge is 0.251 e. The van der Waals surface area contributed by atoms with E-state index in [-0.39, 0.29) is 5.91 Å². The summed E-state index contributed by atoms with van der Waals surface area (Å²) in [6, 6.07) is 7.23. The van der Waals surface area contributed by atoms with Crippen molar-refractivity contribution in [2.45, 2.75) is 13.8 Å². The number of amides is 1. The second kappa shape index (κ2) is 6.85. The maximum atomic E-state index is 11.6. The molecule has 1 aromatic rings. The van der Waals surface area contributed by atoms with Crippen molar-refractivity contribution in [1.29, 1.82) is 0 Å². The van der Waals surface area contributed by atoms with Crippen LogP contribution in [-0.4, -0.2) is 24.1 Å². The van der Waals surface area contributed by atoms with Gasteiger partial charge in [0.2, 0.25) is 0 Å². The van der Waals surface area contributed by atoms with Crippen LogP contribution in [0, 0.1) is 0 Å². The molecule has 0 aliphatic heterocycles. The van der Waals surface area contributed by atoms with E-state index in [0.29, 0.717) is 17.2 Å². The molecule has 0 atom stereocenters. The van der Waals surface area contributed by atoms with Crippen LogP contribution in [0.25, 0.3) is 0 Å². The lowest BCUT2D eigenvalue weighted by atomic mass is 10.2. The van der Waals surface area contributed by atoms with E-state index in [9.17, 15) is 4.79 Å². The van der Waals surface area contributed by atoms with E-state index in [2.05, 4.69) is 16.0 Å². The number of hydrogen-bond donors (Lipinski definition) is 3. The van der Waals surface area contributed by atoms with E-state index >= 15 is 0 Å². The normalized spacial score (nSPS) is 9.53. The molecule has 1 aromatic carbocycles. The fraction of sp³-hybridized carbons (Fsp3) is 0.333. The second-order valence-corrected chi connectivity index (χ2v) is 3.83. The van der Waals surface area contributed by atoms with E-state index in [0.717, 1.165) is 12.2 Å². The number of anilines is 1. The van der Waals surface area contributed by atoms with Gasteiger partial charge < -0.3 is 16.0 Å². The highest BCUT2D eigenvalue weighted by Crippen LogP contribution is 2.10. The molecule has 0 spiro atoms. The van der Waals surface area contributed by atoms with Crippen LogP contribution >= 0.6 is 12.2 Å². The summed E-state index contributed by atoms with van der Waals surface area (Å²) in [7, 11) is 0. The Labute approximate surface area is 107 Å². The summed E-state index contributed by atoms with van der Waals surface area (Å²) in [4.78, 5) is 11.6. The minimum atomic E-state index is -0.0782. The van der Waals surface area contributed by atoms with Gasteiger partial charge in [0.05, 0.1) is 0 Å². The van der Waals surface area contributed by atoms with E-state index in [1.54, 1.807) is 12.1 Å². The fourth-order valence-corrected chi connectivity index (χ4v) is 1.60. The summed E-state index contributed by atoms with van der Waals surface area (Å²) < 4.78 is 0. The van der Waals surface area contributed by atoms with E-state index in [1.165, 1.54) is 0 Å². The molecular formula is C12H17N3OS. The zero-order chi connectivity index (χ0) is 12.7. The summed E-state index contributed by atoms with van der Waals surface area (Å²) in [6.07, 6.45) is 0. The van der Waals surface area contributed by atoms with Crippen LogP contribution in [0.4, 0.5) is 5.69 Å². The van der Waals surface area contributed by atoms with Gasteiger partial charge >= 0.3 is 0 Å². The Morgan fingerprint density at radius 3 is 2.59 bits per heavy atom. The lowest BCUT2D eigenvalue weighted by molar-refractivity contribution is 0.0956. The Balaban J connectivity index is 2.72. The lowest BCUT2D eigenvalue weighted by Gasteiger charge is -2.10. The summed E-state index contributed by atoms with van der Waals surface area (Å²) >= 11 is 5.07. The number of hydrogen-bond acceptors (Lipinski definition) is 2. The van der Waals surface area contributed by atoms with Crippen molar-refractivity contribution in [1.82, 2.24) is 10.6 Å². The molecule has 1 rings (SSSR count). The number of nitrogens with one attached hydrogen (secondary N) is 3. The van der Waals surface area contributed by atoms with Gasteiger partial charge in [-0.2, -0.15) is 0 Å². The van der Waals surface area contributed by atoms with Gasteiger partial charge in [-0.05, 0) is 44.3 Å². The number of rotatable bonds is 4. The molecule has 0 aliphatic rings. The highest BCUT2D eigenvalue weighted by molar-refractivity contribution is 7.80. The molecule has 0 saturated heterocycles. The molecule has 0 radical (unpaired) electrons. The quantitative estimate of drug-likeness (QED) is 0.714. The lowest BCUT2D eigenvalue weighted by Crippen LogP contribution is -2.28. The van der Waals surface area contributed by atoms with Crippen LogP contribution in [0.3, 0.4) is 0 Å².